The van der Waals surface area contributed by atoms with Gasteiger partial charge in [0.05, 0.1) is 0 Å². The van der Waals surface area contributed by atoms with E-state index in [-0.39, 0.29) is 75.1 Å². The average Bonchev–Trinajstić information content (AvgIpc) is 3.36. The molecule has 0 bridgehead atoms. The van der Waals surface area contributed by atoms with Crippen LogP contribution in [-0.4, -0.2) is 89.2 Å². The van der Waals surface area contributed by atoms with Crippen LogP contribution < -0.4 is 32.5 Å². The second kappa shape index (κ2) is 58.9. The molecule has 438 valence electrons. The van der Waals surface area contributed by atoms with Gasteiger partial charge in [-0.1, -0.05) is 213 Å². The number of aliphatic carboxylic acids is 3. The Morgan fingerprint density at radius 2 is 0.447 bits per heavy atom. The first-order valence-electron chi connectivity index (χ1n) is 29.0. The van der Waals surface area contributed by atoms with Gasteiger partial charge in [0.25, 0.3) is 0 Å². The van der Waals surface area contributed by atoms with Crippen LogP contribution in [0.1, 0.15) is 290 Å². The summed E-state index contributed by atoms with van der Waals surface area (Å²) >= 11 is 0. The van der Waals surface area contributed by atoms with E-state index in [2.05, 4.69) is 35.0 Å². The molecule has 0 aliphatic carbocycles. The van der Waals surface area contributed by atoms with Crippen molar-refractivity contribution in [3.63, 3.8) is 0 Å². The summed E-state index contributed by atoms with van der Waals surface area (Å²) in [5, 5.41) is 30.9. The third kappa shape index (κ3) is 61.1. The second-order valence-electron chi connectivity index (χ2n) is 19.8. The first-order valence-corrected chi connectivity index (χ1v) is 29.0. The van der Waals surface area contributed by atoms with Crippen LogP contribution in [0.4, 0.5) is 0 Å². The van der Waals surface area contributed by atoms with Gasteiger partial charge in [0.15, 0.2) is 0 Å². The van der Waals surface area contributed by atoms with Crippen LogP contribution >= 0.6 is 0 Å². The smallest absolute Gasteiger partial charge is 0.550 e. The van der Waals surface area contributed by atoms with Crippen molar-refractivity contribution in [3.8, 4) is 0 Å². The van der Waals surface area contributed by atoms with Gasteiger partial charge in [-0.15, -0.1) is 0 Å². The molecule has 0 aromatic carbocycles. The number of carboxylic acids is 3. The number of nitrogens with two attached hydrogens (primary N) is 3. The zero-order chi connectivity index (χ0) is 56.7. The number of hydrogen-bond acceptors (Lipinski definition) is 18. The van der Waals surface area contributed by atoms with Crippen LogP contribution in [0.25, 0.3) is 0 Å². The summed E-state index contributed by atoms with van der Waals surface area (Å²) in [5.41, 5.74) is 16.4. The first-order chi connectivity index (χ1) is 35.9. The standard InChI is InChI=1S/3C19H35NO5.Al/c3*1-2-3-4-5-6-7-8-9-10-11-12-13-18(23)25-19(24)16(20)14-15-17(21)22;/h3*16H,2-15,20H2,1H3,(H,21,22);/q;;;+3/p-3/t3*16-;/m000./s1. The fraction of sp³-hybridized carbons (Fsp3) is 0.842. The Kier molecular flexibility index (Phi) is 61.0. The number of unbranched alkanes of at least 4 members (excludes halogenated alkanes) is 30. The van der Waals surface area contributed by atoms with Crippen LogP contribution in [0.2, 0.25) is 0 Å². The van der Waals surface area contributed by atoms with Crippen LogP contribution in [0.15, 0.2) is 0 Å². The van der Waals surface area contributed by atoms with Crippen molar-refractivity contribution in [1.82, 2.24) is 0 Å². The van der Waals surface area contributed by atoms with Crippen molar-refractivity contribution in [1.29, 1.82) is 0 Å². The van der Waals surface area contributed by atoms with Crippen molar-refractivity contribution >= 4 is 71.1 Å². The van der Waals surface area contributed by atoms with E-state index in [0.29, 0.717) is 19.3 Å². The van der Waals surface area contributed by atoms with Gasteiger partial charge in [0.2, 0.25) is 0 Å². The number of ether oxygens (including phenoxy) is 3. The summed E-state index contributed by atoms with van der Waals surface area (Å²) in [5.74, 6) is -8.22. The molecule has 18 nitrogen and oxygen atoms in total. The number of esters is 6. The molecule has 0 heterocycles. The maximum atomic E-state index is 11.5. The quantitative estimate of drug-likeness (QED) is 0.0175. The summed E-state index contributed by atoms with van der Waals surface area (Å²) in [6.45, 7) is 6.66. The second-order valence-corrected chi connectivity index (χ2v) is 19.8. The molecule has 0 rings (SSSR count). The Morgan fingerprint density at radius 1 is 0.289 bits per heavy atom. The molecule has 0 saturated carbocycles. The van der Waals surface area contributed by atoms with E-state index >= 15 is 0 Å². The number of carbonyl (C=O) groups is 9. The average molecular weight is 1100 g/mol. The minimum absolute atomic E-state index is 0. The fourth-order valence-corrected chi connectivity index (χ4v) is 7.69. The summed E-state index contributed by atoms with van der Waals surface area (Å²) < 4.78 is 13.9. The van der Waals surface area contributed by atoms with Crippen LogP contribution in [-0.2, 0) is 57.4 Å². The molecular formula is C57H102AlN3O15. The minimum Gasteiger partial charge on any atom is -0.550 e. The molecule has 0 saturated heterocycles. The minimum atomic E-state index is -1.28. The van der Waals surface area contributed by atoms with Gasteiger partial charge in [-0.05, 0) is 57.8 Å². The maximum Gasteiger partial charge on any atom is 3.00 e. The fourth-order valence-electron chi connectivity index (χ4n) is 7.69. The molecule has 19 heteroatoms. The zero-order valence-electron chi connectivity index (χ0n) is 47.4. The van der Waals surface area contributed by atoms with Gasteiger partial charge in [-0.3, -0.25) is 14.4 Å². The van der Waals surface area contributed by atoms with Crippen molar-refractivity contribution in [2.75, 3.05) is 0 Å². The molecule has 0 radical (unpaired) electrons. The van der Waals surface area contributed by atoms with E-state index in [9.17, 15) is 58.5 Å². The maximum absolute atomic E-state index is 11.5. The molecule has 0 amide bonds. The molecular weight excluding hydrogens is 994 g/mol. The van der Waals surface area contributed by atoms with E-state index in [4.69, 9.17) is 17.2 Å². The van der Waals surface area contributed by atoms with Crippen LogP contribution in [0.3, 0.4) is 0 Å². The first kappa shape index (κ1) is 78.7. The van der Waals surface area contributed by atoms with Crippen molar-refractivity contribution in [3.05, 3.63) is 0 Å². The topological polar surface area (TPSA) is 329 Å². The van der Waals surface area contributed by atoms with Gasteiger partial charge in [0, 0.05) is 37.2 Å². The SMILES string of the molecule is CCCCCCCCCCCCCC(=O)OC(=O)[C@@H](N)CCC(=O)[O-].CCCCCCCCCCCCCC(=O)OC(=O)[C@@H](N)CCC(=O)[O-].CCCCCCCCCCCCCC(=O)OC(=O)[C@@H](N)CCC(=O)[O-].[Al+3]. The molecule has 0 spiro atoms. The Labute approximate surface area is 467 Å². The largest absolute Gasteiger partial charge is 3.00 e. The van der Waals surface area contributed by atoms with Crippen molar-refractivity contribution in [2.45, 2.75) is 309 Å². The molecule has 0 aromatic rings. The normalized spacial score (nSPS) is 11.8. The van der Waals surface area contributed by atoms with E-state index < -0.39 is 71.8 Å². The monoisotopic (exact) mass is 1100 g/mol. The molecule has 3 atom stereocenters. The molecule has 0 aromatic heterocycles. The van der Waals surface area contributed by atoms with E-state index in [1.165, 1.54) is 154 Å². The Balaban J connectivity index is -0.000000508. The van der Waals surface area contributed by atoms with Gasteiger partial charge >= 0.3 is 53.2 Å². The van der Waals surface area contributed by atoms with Gasteiger partial charge in [-0.25, -0.2) is 14.4 Å². The summed E-state index contributed by atoms with van der Waals surface area (Å²) in [7, 11) is 0. The molecule has 6 N–H and O–H groups in total. The predicted octanol–water partition coefficient (Wildman–Crippen LogP) is 7.46. The summed E-state index contributed by atoms with van der Waals surface area (Å²) in [4.78, 5) is 99.9. The summed E-state index contributed by atoms with van der Waals surface area (Å²) in [6.07, 6.45) is 38.3. The molecule has 0 unspecified atom stereocenters. The van der Waals surface area contributed by atoms with Crippen molar-refractivity contribution < 1.29 is 72.7 Å². The van der Waals surface area contributed by atoms with E-state index in [1.54, 1.807) is 0 Å². The van der Waals surface area contributed by atoms with E-state index in [0.717, 1.165) is 38.5 Å². The predicted molar refractivity (Wildman–Crippen MR) is 289 cm³/mol. The van der Waals surface area contributed by atoms with Crippen LogP contribution in [0.5, 0.6) is 0 Å². The third-order valence-electron chi connectivity index (χ3n) is 12.5. The zero-order valence-corrected chi connectivity index (χ0v) is 48.5. The number of hydrogen-bond donors (Lipinski definition) is 3. The Bertz CT molecular complexity index is 1330. The number of carbonyl (C=O) groups excluding carboxylic acids is 9. The molecule has 0 fully saturated rings. The summed E-state index contributed by atoms with van der Waals surface area (Å²) in [6, 6.07) is -3.29. The number of carboxylic acid groups (broad SMARTS) is 3. The van der Waals surface area contributed by atoms with Crippen LogP contribution in [0, 0.1) is 0 Å². The molecule has 0 aliphatic heterocycles. The Morgan fingerprint density at radius 3 is 0.605 bits per heavy atom. The van der Waals surface area contributed by atoms with E-state index in [1.807, 2.05) is 0 Å². The molecule has 76 heavy (non-hydrogen) atoms. The third-order valence-corrected chi connectivity index (χ3v) is 12.5. The Hall–Kier alpha value is -3.76. The number of rotatable bonds is 48. The van der Waals surface area contributed by atoms with Gasteiger partial charge in [-0.2, -0.15) is 0 Å². The molecule has 0 aliphatic rings. The van der Waals surface area contributed by atoms with Gasteiger partial charge in [0.1, 0.15) is 18.1 Å². The van der Waals surface area contributed by atoms with Crippen molar-refractivity contribution in [2.24, 2.45) is 17.2 Å². The van der Waals surface area contributed by atoms with Gasteiger partial charge < -0.3 is 61.1 Å².